The fourth-order valence-corrected chi connectivity index (χ4v) is 2.10. The monoisotopic (exact) mass is 209 g/mol. The zero-order valence-corrected chi connectivity index (χ0v) is 9.44. The van der Waals surface area contributed by atoms with Crippen LogP contribution in [0, 0.1) is 6.92 Å². The molecule has 84 valence electrons. The molecule has 0 radical (unpaired) electrons. The predicted molar refractivity (Wildman–Crippen MR) is 58.9 cm³/mol. The molecule has 0 amide bonds. The summed E-state index contributed by atoms with van der Waals surface area (Å²) in [4.78, 5) is 0. The molecule has 15 heavy (non-hydrogen) atoms. The summed E-state index contributed by atoms with van der Waals surface area (Å²) < 4.78 is 7.55. The van der Waals surface area contributed by atoms with Crippen LogP contribution in [-0.4, -0.2) is 35.6 Å². The van der Waals surface area contributed by atoms with E-state index in [2.05, 4.69) is 17.3 Å². The van der Waals surface area contributed by atoms with Crippen LogP contribution in [0.3, 0.4) is 0 Å². The molecular weight excluding hydrogens is 190 g/mol. The zero-order chi connectivity index (χ0) is 10.7. The third-order valence-electron chi connectivity index (χ3n) is 2.87. The van der Waals surface area contributed by atoms with Gasteiger partial charge in [-0.05, 0) is 26.0 Å². The lowest BCUT2D eigenvalue weighted by Gasteiger charge is -2.32. The van der Waals surface area contributed by atoms with Gasteiger partial charge in [0.1, 0.15) is 0 Å². The van der Waals surface area contributed by atoms with Crippen LogP contribution in [0.1, 0.15) is 25.1 Å². The third-order valence-corrected chi connectivity index (χ3v) is 2.87. The van der Waals surface area contributed by atoms with Gasteiger partial charge in [-0.3, -0.25) is 4.68 Å². The molecule has 0 spiro atoms. The number of aryl methyl sites for hydroxylation is 1. The lowest BCUT2D eigenvalue weighted by atomic mass is 10.0. The minimum atomic E-state index is 0.340. The first-order valence-corrected chi connectivity index (χ1v) is 5.64. The lowest BCUT2D eigenvalue weighted by molar-refractivity contribution is 0.0330. The molecule has 2 heterocycles. The quantitative estimate of drug-likeness (QED) is 0.811. The molecule has 4 nitrogen and oxygen atoms in total. The molecule has 2 unspecified atom stereocenters. The second-order valence-electron chi connectivity index (χ2n) is 4.03. The van der Waals surface area contributed by atoms with Crippen LogP contribution >= 0.6 is 0 Å². The summed E-state index contributed by atoms with van der Waals surface area (Å²) in [7, 11) is 0. The fourth-order valence-electron chi connectivity index (χ4n) is 2.10. The highest BCUT2D eigenvalue weighted by Gasteiger charge is 2.26. The van der Waals surface area contributed by atoms with Crippen molar-refractivity contribution in [3.05, 3.63) is 18.0 Å². The highest BCUT2D eigenvalue weighted by Crippen LogP contribution is 2.19. The van der Waals surface area contributed by atoms with E-state index in [9.17, 15) is 0 Å². The molecule has 0 bridgehead atoms. The van der Waals surface area contributed by atoms with Crippen LogP contribution in [0.15, 0.2) is 12.3 Å². The van der Waals surface area contributed by atoms with Crippen molar-refractivity contribution in [2.24, 2.45) is 0 Å². The summed E-state index contributed by atoms with van der Waals surface area (Å²) in [6, 6.07) is 2.87. The van der Waals surface area contributed by atoms with Crippen molar-refractivity contribution in [1.82, 2.24) is 15.1 Å². The zero-order valence-electron chi connectivity index (χ0n) is 9.44. The second kappa shape index (κ2) is 4.77. The Morgan fingerprint density at radius 2 is 2.53 bits per heavy atom. The summed E-state index contributed by atoms with van der Waals surface area (Å²) in [5.74, 6) is 0. The van der Waals surface area contributed by atoms with E-state index in [-0.39, 0.29) is 0 Å². The molecule has 1 aromatic rings. The molecule has 0 saturated carbocycles. The molecule has 2 atom stereocenters. The average molecular weight is 209 g/mol. The van der Waals surface area contributed by atoms with Crippen molar-refractivity contribution in [3.63, 3.8) is 0 Å². The van der Waals surface area contributed by atoms with Gasteiger partial charge in [0.25, 0.3) is 0 Å². The number of likely N-dealkylation sites (N-methyl/N-ethyl adjacent to an activating group) is 1. The third kappa shape index (κ3) is 2.38. The van der Waals surface area contributed by atoms with Gasteiger partial charge >= 0.3 is 0 Å². The summed E-state index contributed by atoms with van der Waals surface area (Å²) in [5.41, 5.74) is 1.07. The van der Waals surface area contributed by atoms with Crippen molar-refractivity contribution in [2.45, 2.75) is 32.4 Å². The van der Waals surface area contributed by atoms with Gasteiger partial charge in [0, 0.05) is 18.8 Å². The molecule has 0 aliphatic carbocycles. The topological polar surface area (TPSA) is 39.1 Å². The Hall–Kier alpha value is -0.870. The van der Waals surface area contributed by atoms with Crippen LogP contribution in [0.2, 0.25) is 0 Å². The van der Waals surface area contributed by atoms with Gasteiger partial charge in [-0.2, -0.15) is 5.10 Å². The SMILES string of the molecule is CCNC1CCOCC1n1ccc(C)n1. The van der Waals surface area contributed by atoms with Gasteiger partial charge in [-0.1, -0.05) is 6.92 Å². The molecule has 4 heteroatoms. The molecule has 2 rings (SSSR count). The molecule has 1 aliphatic rings. The molecule has 1 aromatic heterocycles. The van der Waals surface area contributed by atoms with Crippen LogP contribution in [0.4, 0.5) is 0 Å². The normalized spacial score (nSPS) is 26.8. The number of rotatable bonds is 3. The van der Waals surface area contributed by atoms with E-state index in [4.69, 9.17) is 4.74 Å². The minimum Gasteiger partial charge on any atom is -0.379 e. The van der Waals surface area contributed by atoms with E-state index in [1.807, 2.05) is 23.9 Å². The first-order valence-electron chi connectivity index (χ1n) is 5.64. The maximum atomic E-state index is 5.52. The Bertz CT molecular complexity index is 309. The summed E-state index contributed by atoms with van der Waals surface area (Å²) >= 11 is 0. The van der Waals surface area contributed by atoms with E-state index in [0.717, 1.165) is 31.9 Å². The molecule has 1 fully saturated rings. The van der Waals surface area contributed by atoms with Crippen molar-refractivity contribution >= 4 is 0 Å². The van der Waals surface area contributed by atoms with Gasteiger partial charge in [0.2, 0.25) is 0 Å². The van der Waals surface area contributed by atoms with Gasteiger partial charge < -0.3 is 10.1 Å². The molecule has 0 aromatic carbocycles. The van der Waals surface area contributed by atoms with Crippen molar-refractivity contribution in [3.8, 4) is 0 Å². The van der Waals surface area contributed by atoms with Crippen LogP contribution in [0.5, 0.6) is 0 Å². The first kappa shape index (κ1) is 10.6. The largest absolute Gasteiger partial charge is 0.379 e. The first-order chi connectivity index (χ1) is 7.31. The Balaban J connectivity index is 2.10. The van der Waals surface area contributed by atoms with E-state index >= 15 is 0 Å². The van der Waals surface area contributed by atoms with E-state index in [1.165, 1.54) is 0 Å². The minimum absolute atomic E-state index is 0.340. The fraction of sp³-hybridized carbons (Fsp3) is 0.727. The summed E-state index contributed by atoms with van der Waals surface area (Å²) in [6.45, 7) is 6.78. The maximum absolute atomic E-state index is 5.52. The lowest BCUT2D eigenvalue weighted by Crippen LogP contribution is -2.44. The van der Waals surface area contributed by atoms with Gasteiger partial charge in [-0.15, -0.1) is 0 Å². The second-order valence-corrected chi connectivity index (χ2v) is 4.03. The van der Waals surface area contributed by atoms with Crippen LogP contribution in [0.25, 0.3) is 0 Å². The van der Waals surface area contributed by atoms with E-state index in [0.29, 0.717) is 12.1 Å². The Labute approximate surface area is 90.6 Å². The molecule has 1 aliphatic heterocycles. The Morgan fingerprint density at radius 1 is 1.67 bits per heavy atom. The molecule has 1 saturated heterocycles. The smallest absolute Gasteiger partial charge is 0.0906 e. The summed E-state index contributed by atoms with van der Waals surface area (Å²) in [6.07, 6.45) is 3.11. The molecule has 1 N–H and O–H groups in total. The number of aromatic nitrogens is 2. The average Bonchev–Trinajstić information content (AvgIpc) is 2.66. The number of hydrogen-bond donors (Lipinski definition) is 1. The van der Waals surface area contributed by atoms with Gasteiger partial charge in [0.15, 0.2) is 0 Å². The van der Waals surface area contributed by atoms with Crippen molar-refractivity contribution in [1.29, 1.82) is 0 Å². The number of nitrogens with one attached hydrogen (secondary N) is 1. The molecular formula is C11H19N3O. The Morgan fingerprint density at radius 3 is 3.20 bits per heavy atom. The van der Waals surface area contributed by atoms with Crippen molar-refractivity contribution in [2.75, 3.05) is 19.8 Å². The van der Waals surface area contributed by atoms with E-state index < -0.39 is 0 Å². The van der Waals surface area contributed by atoms with Crippen molar-refractivity contribution < 1.29 is 4.74 Å². The van der Waals surface area contributed by atoms with Gasteiger partial charge in [-0.25, -0.2) is 0 Å². The van der Waals surface area contributed by atoms with Gasteiger partial charge in [0.05, 0.1) is 18.3 Å². The van der Waals surface area contributed by atoms with Crippen LogP contribution in [-0.2, 0) is 4.74 Å². The maximum Gasteiger partial charge on any atom is 0.0906 e. The number of ether oxygens (including phenoxy) is 1. The highest BCUT2D eigenvalue weighted by atomic mass is 16.5. The Kier molecular flexibility index (Phi) is 3.38. The van der Waals surface area contributed by atoms with E-state index in [1.54, 1.807) is 0 Å². The number of nitrogens with zero attached hydrogens (tertiary/aromatic N) is 2. The predicted octanol–water partition coefficient (Wildman–Crippen LogP) is 1.13. The summed E-state index contributed by atoms with van der Waals surface area (Å²) in [5, 5.41) is 7.96. The highest BCUT2D eigenvalue weighted by molar-refractivity contribution is 4.98. The van der Waals surface area contributed by atoms with Crippen LogP contribution < -0.4 is 5.32 Å². The standard InChI is InChI=1S/C11H19N3O/c1-3-12-10-5-7-15-8-11(10)14-6-4-9(2)13-14/h4,6,10-12H,3,5,7-8H2,1-2H3. The number of hydrogen-bond acceptors (Lipinski definition) is 3.